The van der Waals surface area contributed by atoms with Crippen LogP contribution in [0.4, 0.5) is 21.4 Å². The van der Waals surface area contributed by atoms with E-state index >= 15 is 0 Å². The maximum Gasteiger partial charge on any atom is 0.198 e. The van der Waals surface area contributed by atoms with Gasteiger partial charge in [0.1, 0.15) is 0 Å². The van der Waals surface area contributed by atoms with Gasteiger partial charge >= 0.3 is 0 Å². The lowest BCUT2D eigenvalue weighted by molar-refractivity contribution is 0.323. The second kappa shape index (κ2) is 10.1. The third-order valence-corrected chi connectivity index (χ3v) is 4.45. The molecule has 1 rings (SSSR count). The Morgan fingerprint density at radius 3 is 1.79 bits per heavy atom. The van der Waals surface area contributed by atoms with Crippen molar-refractivity contribution in [3.05, 3.63) is 23.3 Å². The molecule has 10 heteroatoms. The number of benzene rings is 1. The second-order valence-corrected chi connectivity index (χ2v) is 6.61. The summed E-state index contributed by atoms with van der Waals surface area (Å²) < 4.78 is 63.8. The highest BCUT2D eigenvalue weighted by Gasteiger charge is 2.26. The van der Waals surface area contributed by atoms with E-state index < -0.39 is 45.2 Å². The number of rotatable bonds is 4. The Morgan fingerprint density at radius 1 is 1.05 bits per heavy atom. The highest BCUT2D eigenvalue weighted by Crippen LogP contribution is 2.44. The van der Waals surface area contributed by atoms with E-state index in [-0.39, 0.29) is 14.4 Å². The molecule has 0 amide bonds. The number of hydrogen-bond donors (Lipinski definition) is 2. The van der Waals surface area contributed by atoms with Gasteiger partial charge in [-0.25, -0.2) is 17.6 Å². The van der Waals surface area contributed by atoms with Crippen LogP contribution in [-0.4, -0.2) is 24.1 Å². The molecule has 0 spiro atoms. The van der Waals surface area contributed by atoms with Gasteiger partial charge < -0.3 is 5.11 Å². The summed E-state index contributed by atoms with van der Waals surface area (Å²) in [6, 6.07) is 0. The third kappa shape index (κ3) is 5.30. The van der Waals surface area contributed by atoms with Crippen LogP contribution >= 0.6 is 43.9 Å². The fourth-order valence-electron chi connectivity index (χ4n) is 0.854. The van der Waals surface area contributed by atoms with Crippen molar-refractivity contribution in [3.8, 4) is 0 Å². The van der Waals surface area contributed by atoms with Crippen molar-refractivity contribution in [1.29, 1.82) is 0 Å². The van der Waals surface area contributed by atoms with Gasteiger partial charge in [-0.1, -0.05) is 19.2 Å². The summed E-state index contributed by atoms with van der Waals surface area (Å²) in [5.41, 5.74) is 0. The van der Waals surface area contributed by atoms with E-state index in [9.17, 15) is 21.4 Å². The maximum atomic E-state index is 13.1. The lowest BCUT2D eigenvalue weighted by Gasteiger charge is -2.08. The van der Waals surface area contributed by atoms with E-state index in [0.29, 0.717) is 5.75 Å². The minimum Gasteiger partial charge on any atom is -0.396 e. The number of halogens is 5. The number of aliphatic hydroxyl groups is 1. The highest BCUT2D eigenvalue weighted by molar-refractivity contribution is 8.49. The van der Waals surface area contributed by atoms with Crippen molar-refractivity contribution < 1.29 is 26.6 Å². The topological polar surface area (TPSA) is 20.2 Å². The van der Waals surface area contributed by atoms with E-state index in [1.807, 2.05) is 0 Å². The molecule has 0 saturated carbocycles. The van der Waals surface area contributed by atoms with Crippen molar-refractivity contribution in [3.63, 3.8) is 0 Å². The molecule has 1 atom stereocenters. The van der Waals surface area contributed by atoms with Crippen LogP contribution in [0.2, 0.25) is 0 Å². The molecule has 0 bridgehead atoms. The quantitative estimate of drug-likeness (QED) is 0.274. The first-order valence-electron chi connectivity index (χ1n) is 4.66. The fraction of sp³-hybridized carbons (Fsp3) is 0.333. The Kier molecular flexibility index (Phi) is 10.3. The zero-order chi connectivity index (χ0) is 15.0. The summed E-state index contributed by atoms with van der Waals surface area (Å²) in [4.78, 5) is -1.37. The van der Waals surface area contributed by atoms with Gasteiger partial charge in [0.05, 0.1) is 28.5 Å². The van der Waals surface area contributed by atoms with Crippen LogP contribution in [0.25, 0.3) is 0 Å². The van der Waals surface area contributed by atoms with Crippen molar-refractivity contribution in [2.45, 2.75) is 9.79 Å². The minimum absolute atomic E-state index is 0.0614. The highest BCUT2D eigenvalue weighted by atomic mass is 32.7. The van der Waals surface area contributed by atoms with E-state index in [1.54, 1.807) is 6.66 Å². The molecule has 0 aliphatic rings. The van der Waals surface area contributed by atoms with Crippen molar-refractivity contribution in [2.24, 2.45) is 0 Å². The van der Waals surface area contributed by atoms with Crippen molar-refractivity contribution in [1.82, 2.24) is 0 Å². The average Bonchev–Trinajstić information content (AvgIpc) is 2.43. The maximum absolute atomic E-state index is 13.1. The first-order chi connectivity index (χ1) is 8.95. The summed E-state index contributed by atoms with van der Waals surface area (Å²) in [5.74, 6) is -6.57. The summed E-state index contributed by atoms with van der Waals surface area (Å²) in [5, 5.41) is 7.80. The monoisotopic (exact) mass is 356 g/mol. The van der Waals surface area contributed by atoms with Gasteiger partial charge in [0.25, 0.3) is 0 Å². The molecule has 0 fully saturated rings. The molecule has 1 aromatic rings. The predicted octanol–water partition coefficient (Wildman–Crippen LogP) is 4.44. The Labute approximate surface area is 123 Å². The molecule has 19 heavy (non-hydrogen) atoms. The van der Waals surface area contributed by atoms with Gasteiger partial charge in [0, 0.05) is 5.75 Å². The molecule has 1 unspecified atom stereocenters. The number of thiol groups is 1. The molecule has 0 aromatic heterocycles. The Hall–Kier alpha value is 0.310. The van der Waals surface area contributed by atoms with E-state index in [0.717, 1.165) is 11.4 Å². The average molecular weight is 356 g/mol. The largest absolute Gasteiger partial charge is 0.396 e. The molecular formula is C9H10F5OPS3. The first kappa shape index (κ1) is 19.3. The number of hydrogen-bond acceptors (Lipinski definition) is 4. The predicted molar refractivity (Wildman–Crippen MR) is 74.3 cm³/mol. The van der Waals surface area contributed by atoms with Gasteiger partial charge in [-0.3, -0.25) is 0 Å². The van der Waals surface area contributed by atoms with Crippen LogP contribution in [0, 0.1) is 23.3 Å². The molecule has 0 aliphatic carbocycles. The van der Waals surface area contributed by atoms with Crippen LogP contribution in [0.3, 0.4) is 0 Å². The van der Waals surface area contributed by atoms with Gasteiger partial charge in [0.2, 0.25) is 0 Å². The summed E-state index contributed by atoms with van der Waals surface area (Å²) >= 11 is 3.77. The molecule has 0 aliphatic heterocycles. The van der Waals surface area contributed by atoms with Crippen molar-refractivity contribution >= 4 is 43.9 Å². The van der Waals surface area contributed by atoms with E-state index in [2.05, 4.69) is 12.6 Å². The van der Waals surface area contributed by atoms with Crippen LogP contribution in [0.5, 0.6) is 0 Å². The molecule has 0 heterocycles. The van der Waals surface area contributed by atoms with Gasteiger partial charge in [-0.05, 0) is 6.66 Å². The summed E-state index contributed by atoms with van der Waals surface area (Å²) in [7, 11) is 0.0614. The Bertz CT molecular complexity index is 420. The Balaban J connectivity index is 0.000000711. The molecule has 1 nitrogen and oxygen atoms in total. The van der Waals surface area contributed by atoms with Crippen LogP contribution in [-0.2, 0) is 0 Å². The number of aliphatic hydroxyl groups excluding tert-OH is 1. The minimum atomic E-state index is -1.99. The summed E-state index contributed by atoms with van der Waals surface area (Å²) in [6.07, 6.45) is 0. The first-order valence-corrected chi connectivity index (χ1v) is 9.05. The molecule has 110 valence electrons. The van der Waals surface area contributed by atoms with Crippen LogP contribution < -0.4 is 0 Å². The van der Waals surface area contributed by atoms with E-state index in [1.165, 1.54) is 0 Å². The molecule has 1 aromatic carbocycles. The van der Waals surface area contributed by atoms with Gasteiger partial charge in [-0.15, -0.1) is 0 Å². The second-order valence-electron chi connectivity index (χ2n) is 2.74. The van der Waals surface area contributed by atoms with Crippen molar-refractivity contribution in [2.75, 3.05) is 19.0 Å². The zero-order valence-electron chi connectivity index (χ0n) is 9.51. The van der Waals surface area contributed by atoms with E-state index in [4.69, 9.17) is 5.11 Å². The van der Waals surface area contributed by atoms with Crippen LogP contribution in [0.15, 0.2) is 9.79 Å². The normalized spacial score (nSPS) is 10.7. The molecular weight excluding hydrogens is 346 g/mol. The van der Waals surface area contributed by atoms with Gasteiger partial charge in [-0.2, -0.15) is 16.5 Å². The lowest BCUT2D eigenvalue weighted by Crippen LogP contribution is -2.00. The fourth-order valence-corrected chi connectivity index (χ4v) is 3.36. The molecule has 0 radical (unpaired) electrons. The van der Waals surface area contributed by atoms with Gasteiger partial charge in [0.15, 0.2) is 23.3 Å². The Morgan fingerprint density at radius 2 is 1.47 bits per heavy atom. The summed E-state index contributed by atoms with van der Waals surface area (Å²) in [6.45, 7) is 1.80. The molecule has 0 saturated heterocycles. The SMILES string of the molecule is CPSc1c(F)c(F)c(F)c(F)c1SF.OCCS. The third-order valence-electron chi connectivity index (χ3n) is 1.56. The molecule has 1 N–H and O–H groups in total. The van der Waals surface area contributed by atoms with Crippen LogP contribution in [0.1, 0.15) is 0 Å². The smallest absolute Gasteiger partial charge is 0.198 e. The zero-order valence-corrected chi connectivity index (χ0v) is 13.0. The lowest BCUT2D eigenvalue weighted by atomic mass is 10.3. The standard InChI is InChI=1S/C7H4F5PS2.C2H6OS/c1-13-15-7-5(11)3(9)2(8)4(10)6(7)14-12;3-1-2-4/h13H,1H3;3-4H,1-2H2.